The Hall–Kier alpha value is -6.52. The summed E-state index contributed by atoms with van der Waals surface area (Å²) in [6.07, 6.45) is 9.71. The third kappa shape index (κ3) is 4.53. The lowest BCUT2D eigenvalue weighted by Gasteiger charge is -2.27. The van der Waals surface area contributed by atoms with Crippen molar-refractivity contribution >= 4 is 65.8 Å². The molecule has 236 valence electrons. The first kappa shape index (κ1) is 28.5. The molecule has 1 aliphatic heterocycles. The number of hydrogen-bond acceptors (Lipinski definition) is 3. The second-order valence-corrected chi connectivity index (χ2v) is 12.9. The van der Waals surface area contributed by atoms with Crippen LogP contribution in [0.5, 0.6) is 0 Å². The smallest absolute Gasteiger partial charge is 0.165 e. The molecule has 50 heavy (non-hydrogen) atoms. The maximum Gasteiger partial charge on any atom is 0.165 e. The maximum absolute atomic E-state index is 5.39. The van der Waals surface area contributed by atoms with Crippen LogP contribution in [0.4, 0.5) is 11.4 Å². The fourth-order valence-electron chi connectivity index (χ4n) is 7.75. The second kappa shape index (κ2) is 11.6. The topological polar surface area (TPSA) is 34.0 Å². The summed E-state index contributed by atoms with van der Waals surface area (Å²) in [5.41, 5.74) is 9.53. The third-order valence-corrected chi connectivity index (χ3v) is 10.1. The van der Waals surface area contributed by atoms with E-state index in [9.17, 15) is 0 Å². The summed E-state index contributed by atoms with van der Waals surface area (Å²) in [5, 5.41) is 7.41. The summed E-state index contributed by atoms with van der Waals surface area (Å²) in [4.78, 5) is 13.1. The van der Waals surface area contributed by atoms with Gasteiger partial charge in [-0.2, -0.15) is 0 Å². The molecular weight excluding hydrogens is 609 g/mol. The van der Waals surface area contributed by atoms with Crippen molar-refractivity contribution < 1.29 is 0 Å². The number of allylic oxidation sites excluding steroid dienone is 3. The van der Waals surface area contributed by atoms with Crippen LogP contribution in [-0.4, -0.2) is 21.1 Å². The molecule has 0 amide bonds. The average molecular weight is 641 g/mol. The summed E-state index contributed by atoms with van der Waals surface area (Å²) in [5.74, 6) is 0.822. The number of aromatic nitrogens is 3. The van der Waals surface area contributed by atoms with Gasteiger partial charge < -0.3 is 4.90 Å². The SMILES string of the molecule is C1=C\Cc2c(ccc3ccccc23)N(c2ccc3c4c5ccccc5ccc4n(-c4nc5ccccc5nc4-c4ccccc4)c3c2)C\C=C/1. The zero-order chi connectivity index (χ0) is 33.0. The van der Waals surface area contributed by atoms with E-state index in [-0.39, 0.29) is 0 Å². The fourth-order valence-corrected chi connectivity index (χ4v) is 7.75. The van der Waals surface area contributed by atoms with Crippen LogP contribution >= 0.6 is 0 Å². The Morgan fingerprint density at radius 1 is 0.520 bits per heavy atom. The molecule has 1 aliphatic rings. The molecule has 0 saturated carbocycles. The van der Waals surface area contributed by atoms with E-state index < -0.39 is 0 Å². The zero-order valence-corrected chi connectivity index (χ0v) is 27.4. The number of para-hydroxylation sites is 2. The number of fused-ring (bicyclic) bond motifs is 9. The average Bonchev–Trinajstić information content (AvgIpc) is 3.56. The minimum Gasteiger partial charge on any atom is -0.337 e. The van der Waals surface area contributed by atoms with Crippen LogP contribution < -0.4 is 4.90 Å². The van der Waals surface area contributed by atoms with Crippen molar-refractivity contribution in [2.75, 3.05) is 11.4 Å². The van der Waals surface area contributed by atoms with Gasteiger partial charge in [0.1, 0.15) is 5.69 Å². The molecule has 0 saturated heterocycles. The van der Waals surface area contributed by atoms with Crippen molar-refractivity contribution in [2.24, 2.45) is 0 Å². The zero-order valence-electron chi connectivity index (χ0n) is 27.4. The standard InChI is InChI=1S/C46H32N4/c1-2-13-29-49(41-27-23-31-14-7-9-18-35(31)37(41)20-6-1)34-25-26-38-43(30-34)50(42-28-24-32-15-8-10-19-36(32)44(38)42)46-45(33-16-4-3-5-17-33)47-39-21-11-12-22-40(39)48-46/h1-19,21-28,30H,20,29H2/b6-1-,13-2-. The van der Waals surface area contributed by atoms with Crippen molar-refractivity contribution in [1.82, 2.24) is 14.5 Å². The molecule has 4 heteroatoms. The predicted molar refractivity (Wildman–Crippen MR) is 210 cm³/mol. The molecular formula is C46H32N4. The van der Waals surface area contributed by atoms with Crippen LogP contribution in [0, 0.1) is 0 Å². The number of hydrogen-bond donors (Lipinski definition) is 0. The van der Waals surface area contributed by atoms with Gasteiger partial charge in [0.15, 0.2) is 5.82 Å². The van der Waals surface area contributed by atoms with Gasteiger partial charge in [0.2, 0.25) is 0 Å². The highest BCUT2D eigenvalue weighted by Gasteiger charge is 2.23. The van der Waals surface area contributed by atoms with Crippen molar-refractivity contribution in [1.29, 1.82) is 0 Å². The lowest BCUT2D eigenvalue weighted by molar-refractivity contribution is 1.07. The van der Waals surface area contributed by atoms with Crippen LogP contribution in [0.15, 0.2) is 170 Å². The largest absolute Gasteiger partial charge is 0.337 e. The molecule has 3 heterocycles. The van der Waals surface area contributed by atoms with E-state index in [1.165, 1.54) is 43.6 Å². The highest BCUT2D eigenvalue weighted by atomic mass is 15.1. The molecule has 2 aromatic heterocycles. The van der Waals surface area contributed by atoms with Gasteiger partial charge in [0.05, 0.1) is 22.1 Å². The Morgan fingerprint density at radius 2 is 1.22 bits per heavy atom. The summed E-state index contributed by atoms with van der Waals surface area (Å²) < 4.78 is 2.34. The monoisotopic (exact) mass is 640 g/mol. The van der Waals surface area contributed by atoms with Crippen LogP contribution in [0.25, 0.3) is 71.5 Å². The van der Waals surface area contributed by atoms with E-state index in [0.29, 0.717) is 0 Å². The fraction of sp³-hybridized carbons (Fsp3) is 0.0435. The summed E-state index contributed by atoms with van der Waals surface area (Å²) in [6.45, 7) is 0.745. The van der Waals surface area contributed by atoms with E-state index in [4.69, 9.17) is 9.97 Å². The van der Waals surface area contributed by atoms with Crippen LogP contribution in [0.3, 0.4) is 0 Å². The Bertz CT molecular complexity index is 2830. The number of benzene rings is 7. The summed E-state index contributed by atoms with van der Waals surface area (Å²) in [6, 6.07) is 52.0. The van der Waals surface area contributed by atoms with Crippen molar-refractivity contribution in [2.45, 2.75) is 6.42 Å². The summed E-state index contributed by atoms with van der Waals surface area (Å²) in [7, 11) is 0. The first-order chi connectivity index (χ1) is 24.8. The molecule has 0 N–H and O–H groups in total. The van der Waals surface area contributed by atoms with E-state index in [1.807, 2.05) is 24.3 Å². The van der Waals surface area contributed by atoms with Crippen LogP contribution in [0.1, 0.15) is 5.56 Å². The minimum atomic E-state index is 0.745. The lowest BCUT2D eigenvalue weighted by Crippen LogP contribution is -2.18. The van der Waals surface area contributed by atoms with Gasteiger partial charge in [0, 0.05) is 34.3 Å². The number of nitrogens with zero attached hydrogens (tertiary/aromatic N) is 4. The second-order valence-electron chi connectivity index (χ2n) is 12.9. The van der Waals surface area contributed by atoms with Gasteiger partial charge in [-0.3, -0.25) is 4.57 Å². The first-order valence-electron chi connectivity index (χ1n) is 17.2. The molecule has 10 rings (SSSR count). The maximum atomic E-state index is 5.39. The molecule has 0 spiro atoms. The summed E-state index contributed by atoms with van der Waals surface area (Å²) >= 11 is 0. The van der Waals surface area contributed by atoms with Gasteiger partial charge in [0.25, 0.3) is 0 Å². The highest BCUT2D eigenvalue weighted by molar-refractivity contribution is 6.22. The predicted octanol–water partition coefficient (Wildman–Crippen LogP) is 11.5. The van der Waals surface area contributed by atoms with Crippen LogP contribution in [-0.2, 0) is 6.42 Å². The highest BCUT2D eigenvalue weighted by Crippen LogP contribution is 2.42. The normalized spacial score (nSPS) is 14.5. The number of anilines is 2. The molecule has 7 aromatic carbocycles. The Labute approximate surface area is 289 Å². The molecule has 0 unspecified atom stereocenters. The van der Waals surface area contributed by atoms with E-state index in [0.717, 1.165) is 57.8 Å². The van der Waals surface area contributed by atoms with Crippen molar-refractivity contribution in [3.8, 4) is 17.1 Å². The third-order valence-electron chi connectivity index (χ3n) is 10.1. The van der Waals surface area contributed by atoms with Gasteiger partial charge in [-0.15, -0.1) is 0 Å². The van der Waals surface area contributed by atoms with Gasteiger partial charge >= 0.3 is 0 Å². The van der Waals surface area contributed by atoms with E-state index in [2.05, 4.69) is 155 Å². The first-order valence-corrected chi connectivity index (χ1v) is 17.2. The molecule has 0 radical (unpaired) electrons. The van der Waals surface area contributed by atoms with Crippen molar-refractivity contribution in [3.05, 3.63) is 175 Å². The quantitative estimate of drug-likeness (QED) is 0.193. The van der Waals surface area contributed by atoms with Crippen molar-refractivity contribution in [3.63, 3.8) is 0 Å². The minimum absolute atomic E-state index is 0.745. The molecule has 0 fully saturated rings. The molecule has 0 bridgehead atoms. The van der Waals surface area contributed by atoms with E-state index >= 15 is 0 Å². The molecule has 0 aliphatic carbocycles. The Balaban J connectivity index is 1.30. The Morgan fingerprint density at radius 3 is 2.08 bits per heavy atom. The van der Waals surface area contributed by atoms with Gasteiger partial charge in [-0.05, 0) is 69.9 Å². The van der Waals surface area contributed by atoms with Gasteiger partial charge in [-0.1, -0.05) is 133 Å². The van der Waals surface area contributed by atoms with E-state index in [1.54, 1.807) is 0 Å². The van der Waals surface area contributed by atoms with Crippen LogP contribution in [0.2, 0.25) is 0 Å². The molecule has 9 aromatic rings. The number of rotatable bonds is 3. The lowest BCUT2D eigenvalue weighted by atomic mass is 9.98. The molecule has 4 nitrogen and oxygen atoms in total. The van der Waals surface area contributed by atoms with Gasteiger partial charge in [-0.25, -0.2) is 9.97 Å². The Kier molecular flexibility index (Phi) is 6.59. The molecule has 0 atom stereocenters.